The summed E-state index contributed by atoms with van der Waals surface area (Å²) in [5, 5.41) is 12.5. The van der Waals surface area contributed by atoms with Crippen LogP contribution in [0.15, 0.2) is 16.7 Å². The maximum atomic E-state index is 11.1. The van der Waals surface area contributed by atoms with E-state index in [-0.39, 0.29) is 0 Å². The van der Waals surface area contributed by atoms with Crippen LogP contribution in [0.2, 0.25) is 5.02 Å². The van der Waals surface area contributed by atoms with Gasteiger partial charge in [0, 0.05) is 16.8 Å². The topological polar surface area (TPSA) is 40.1 Å². The van der Waals surface area contributed by atoms with Gasteiger partial charge in [0.05, 0.1) is 11.0 Å². The highest BCUT2D eigenvalue weighted by atomic mass is 35.5. The largest absolute Gasteiger partial charge is 0.366 e. The van der Waals surface area contributed by atoms with Gasteiger partial charge in [-0.2, -0.15) is 0 Å². The summed E-state index contributed by atoms with van der Waals surface area (Å²) in [6.07, 6.45) is 0. The van der Waals surface area contributed by atoms with E-state index in [2.05, 4.69) is 0 Å². The first-order chi connectivity index (χ1) is 6.09. The Hall–Kier alpha value is -1.22. The van der Waals surface area contributed by atoms with Crippen molar-refractivity contribution in [2.45, 2.75) is 13.8 Å². The first kappa shape index (κ1) is 8.38. The molecule has 2 rings (SSSR count). The molecule has 0 saturated carbocycles. The van der Waals surface area contributed by atoms with E-state index in [1.54, 1.807) is 19.1 Å². The standard InChI is InChI=1S/C9H8ClNO2/c1-5-3-9-7(4-8(5)10)6(2)11(12)13-9/h3-4H,1-2H3. The van der Waals surface area contributed by atoms with E-state index in [1.165, 1.54) is 0 Å². The molecule has 1 aromatic heterocycles. The highest BCUT2D eigenvalue weighted by Gasteiger charge is 2.12. The van der Waals surface area contributed by atoms with Crippen LogP contribution in [0.25, 0.3) is 11.0 Å². The third kappa shape index (κ3) is 1.16. The minimum absolute atomic E-state index is 0.500. The Morgan fingerprint density at radius 3 is 2.77 bits per heavy atom. The van der Waals surface area contributed by atoms with Gasteiger partial charge >= 0.3 is 0 Å². The summed E-state index contributed by atoms with van der Waals surface area (Å²) in [6, 6.07) is 3.51. The van der Waals surface area contributed by atoms with E-state index in [4.69, 9.17) is 16.1 Å². The second kappa shape index (κ2) is 2.64. The van der Waals surface area contributed by atoms with Gasteiger partial charge in [-0.25, -0.2) is 0 Å². The molecule has 0 spiro atoms. The molecular weight excluding hydrogens is 190 g/mol. The van der Waals surface area contributed by atoms with E-state index < -0.39 is 0 Å². The van der Waals surface area contributed by atoms with Gasteiger partial charge in [-0.1, -0.05) is 11.6 Å². The predicted molar refractivity (Wildman–Crippen MR) is 49.7 cm³/mol. The molecule has 0 atom stereocenters. The summed E-state index contributed by atoms with van der Waals surface area (Å²) in [5.74, 6) is 0. The molecule has 0 aliphatic carbocycles. The molecular formula is C9H8ClNO2. The smallest absolute Gasteiger partial charge is 0.250 e. The summed E-state index contributed by atoms with van der Waals surface area (Å²) in [4.78, 5) is 0.500. The van der Waals surface area contributed by atoms with Crippen molar-refractivity contribution in [1.82, 2.24) is 0 Å². The van der Waals surface area contributed by atoms with Gasteiger partial charge < -0.3 is 4.52 Å². The van der Waals surface area contributed by atoms with Crippen molar-refractivity contribution in [3.05, 3.63) is 33.6 Å². The van der Waals surface area contributed by atoms with Crippen LogP contribution in [0.1, 0.15) is 11.3 Å². The average Bonchev–Trinajstić information content (AvgIpc) is 2.32. The van der Waals surface area contributed by atoms with Crippen molar-refractivity contribution in [3.8, 4) is 0 Å². The van der Waals surface area contributed by atoms with Crippen molar-refractivity contribution in [2.24, 2.45) is 0 Å². The van der Waals surface area contributed by atoms with Gasteiger partial charge in [-0.15, -0.1) is 0 Å². The number of fused-ring (bicyclic) bond motifs is 1. The lowest BCUT2D eigenvalue weighted by atomic mass is 10.1. The van der Waals surface area contributed by atoms with Gasteiger partial charge in [-0.3, -0.25) is 5.21 Å². The number of nitrogens with zero attached hydrogens (tertiary/aromatic N) is 1. The zero-order chi connectivity index (χ0) is 9.59. The van der Waals surface area contributed by atoms with E-state index in [9.17, 15) is 5.21 Å². The fourth-order valence-electron chi connectivity index (χ4n) is 1.27. The molecule has 0 unspecified atom stereocenters. The lowest BCUT2D eigenvalue weighted by molar-refractivity contribution is -0.792. The van der Waals surface area contributed by atoms with E-state index in [0.717, 1.165) is 10.9 Å². The number of rotatable bonds is 0. The Labute approximate surface area is 80.1 Å². The molecule has 13 heavy (non-hydrogen) atoms. The predicted octanol–water partition coefficient (Wildman–Crippen LogP) is 2.34. The molecule has 1 aromatic carbocycles. The molecule has 0 saturated heterocycles. The minimum atomic E-state index is 0.500. The molecule has 0 fully saturated rings. The summed E-state index contributed by atoms with van der Waals surface area (Å²) in [7, 11) is 0. The molecule has 4 heteroatoms. The number of hydrogen-bond acceptors (Lipinski definition) is 2. The molecule has 0 bridgehead atoms. The number of aromatic nitrogens is 1. The second-order valence-corrected chi connectivity index (χ2v) is 3.44. The average molecular weight is 198 g/mol. The summed E-state index contributed by atoms with van der Waals surface area (Å²) < 4.78 is 4.94. The Bertz CT molecular complexity index is 476. The highest BCUT2D eigenvalue weighted by Crippen LogP contribution is 2.24. The molecule has 68 valence electrons. The number of hydrogen-bond donors (Lipinski definition) is 0. The monoisotopic (exact) mass is 197 g/mol. The maximum Gasteiger partial charge on any atom is 0.250 e. The van der Waals surface area contributed by atoms with Crippen molar-refractivity contribution in [1.29, 1.82) is 0 Å². The van der Waals surface area contributed by atoms with Gasteiger partial charge in [0.25, 0.3) is 5.69 Å². The normalized spacial score (nSPS) is 11.0. The maximum absolute atomic E-state index is 11.1. The number of halogens is 1. The summed E-state index contributed by atoms with van der Waals surface area (Å²) >= 11 is 5.92. The van der Waals surface area contributed by atoms with Crippen LogP contribution in [-0.4, -0.2) is 0 Å². The highest BCUT2D eigenvalue weighted by molar-refractivity contribution is 6.32. The quantitative estimate of drug-likeness (QED) is 0.609. The molecule has 0 N–H and O–H groups in total. The zero-order valence-electron chi connectivity index (χ0n) is 7.30. The lowest BCUT2D eigenvalue weighted by Gasteiger charge is -1.95. The van der Waals surface area contributed by atoms with Crippen LogP contribution in [0.3, 0.4) is 0 Å². The lowest BCUT2D eigenvalue weighted by Crippen LogP contribution is -2.25. The second-order valence-electron chi connectivity index (χ2n) is 3.03. The number of benzene rings is 1. The van der Waals surface area contributed by atoms with Gasteiger partial charge in [0.2, 0.25) is 0 Å². The molecule has 1 heterocycles. The van der Waals surface area contributed by atoms with Crippen molar-refractivity contribution in [2.75, 3.05) is 0 Å². The molecule has 2 aromatic rings. The van der Waals surface area contributed by atoms with E-state index in [0.29, 0.717) is 21.2 Å². The Morgan fingerprint density at radius 1 is 1.38 bits per heavy atom. The van der Waals surface area contributed by atoms with Gasteiger partial charge in [0.15, 0.2) is 0 Å². The Kier molecular flexibility index (Phi) is 1.70. The SMILES string of the molecule is Cc1cc2o[n+]([O-])c(C)c2cc1Cl. The fourth-order valence-corrected chi connectivity index (χ4v) is 1.43. The van der Waals surface area contributed by atoms with E-state index >= 15 is 0 Å². The van der Waals surface area contributed by atoms with Crippen LogP contribution in [-0.2, 0) is 0 Å². The first-order valence-corrected chi connectivity index (χ1v) is 4.26. The van der Waals surface area contributed by atoms with Crippen LogP contribution in [0.5, 0.6) is 0 Å². The molecule has 0 aliphatic rings. The van der Waals surface area contributed by atoms with Crippen molar-refractivity contribution in [3.63, 3.8) is 0 Å². The van der Waals surface area contributed by atoms with E-state index in [1.807, 2.05) is 6.92 Å². The summed E-state index contributed by atoms with van der Waals surface area (Å²) in [5.41, 5.74) is 2.02. The Morgan fingerprint density at radius 2 is 2.08 bits per heavy atom. The van der Waals surface area contributed by atoms with Crippen LogP contribution < -0.4 is 4.90 Å². The fraction of sp³-hybridized carbons (Fsp3) is 0.222. The van der Waals surface area contributed by atoms with Crippen molar-refractivity contribution < 1.29 is 9.43 Å². The molecule has 0 radical (unpaired) electrons. The van der Waals surface area contributed by atoms with Gasteiger partial charge in [0.1, 0.15) is 0 Å². The molecule has 0 aliphatic heterocycles. The molecule has 3 nitrogen and oxygen atoms in total. The summed E-state index contributed by atoms with van der Waals surface area (Å²) in [6.45, 7) is 3.57. The number of aryl methyl sites for hydroxylation is 2. The first-order valence-electron chi connectivity index (χ1n) is 3.89. The van der Waals surface area contributed by atoms with Gasteiger partial charge in [-0.05, 0) is 24.6 Å². The Balaban J connectivity index is 2.89. The third-order valence-electron chi connectivity index (χ3n) is 2.11. The van der Waals surface area contributed by atoms with Crippen molar-refractivity contribution >= 4 is 22.6 Å². The molecule has 0 amide bonds. The zero-order valence-corrected chi connectivity index (χ0v) is 8.05. The third-order valence-corrected chi connectivity index (χ3v) is 2.51. The minimum Gasteiger partial charge on any atom is -0.366 e. The van der Waals surface area contributed by atoms with Crippen LogP contribution >= 0.6 is 11.6 Å². The van der Waals surface area contributed by atoms with Crippen LogP contribution in [0, 0.1) is 19.1 Å². The van der Waals surface area contributed by atoms with Crippen LogP contribution in [0.4, 0.5) is 0 Å².